The highest BCUT2D eigenvalue weighted by molar-refractivity contribution is 5.64. The topological polar surface area (TPSA) is 24.4 Å². The first-order valence-electron chi connectivity index (χ1n) is 3.29. The van der Waals surface area contributed by atoms with Crippen LogP contribution in [-0.2, 0) is 0 Å². The summed E-state index contributed by atoms with van der Waals surface area (Å²) in [5.41, 5.74) is 1.23. The molecule has 2 heteroatoms. The van der Waals surface area contributed by atoms with Crippen molar-refractivity contribution >= 4 is 6.21 Å². The summed E-state index contributed by atoms with van der Waals surface area (Å²) in [6.07, 6.45) is 6.20. The smallest absolute Gasteiger partial charge is 0.0376 e. The lowest BCUT2D eigenvalue weighted by atomic mass is 10.3. The fraction of sp³-hybridized carbons (Fsp3) is 0.571. The number of hydrogen-bond donors (Lipinski definition) is 1. The summed E-state index contributed by atoms with van der Waals surface area (Å²) in [7, 11) is 1.96. The average molecular weight is 124 g/mol. The zero-order valence-electron chi connectivity index (χ0n) is 5.72. The van der Waals surface area contributed by atoms with E-state index in [9.17, 15) is 0 Å². The monoisotopic (exact) mass is 124 g/mol. The van der Waals surface area contributed by atoms with Crippen LogP contribution in [0.25, 0.3) is 0 Å². The molecule has 0 spiro atoms. The normalized spacial score (nSPS) is 16.3. The number of nitrogens with zero attached hydrogens (tertiary/aromatic N) is 1. The van der Waals surface area contributed by atoms with Crippen LogP contribution in [0.5, 0.6) is 0 Å². The molecule has 0 aromatic heterocycles. The molecule has 1 rings (SSSR count). The summed E-state index contributed by atoms with van der Waals surface area (Å²) < 4.78 is 0. The lowest BCUT2D eigenvalue weighted by molar-refractivity contribution is 0.782. The Morgan fingerprint density at radius 2 is 2.67 bits per heavy atom. The van der Waals surface area contributed by atoms with Gasteiger partial charge < -0.3 is 5.32 Å². The van der Waals surface area contributed by atoms with Gasteiger partial charge in [0.25, 0.3) is 0 Å². The highest BCUT2D eigenvalue weighted by Crippen LogP contribution is 2.07. The van der Waals surface area contributed by atoms with Gasteiger partial charge in [0.15, 0.2) is 0 Å². The van der Waals surface area contributed by atoms with Gasteiger partial charge in [0.1, 0.15) is 0 Å². The molecule has 2 nitrogen and oxygen atoms in total. The zero-order valence-corrected chi connectivity index (χ0v) is 5.72. The third kappa shape index (κ3) is 1.98. The van der Waals surface area contributed by atoms with Gasteiger partial charge in [-0.1, -0.05) is 6.08 Å². The molecule has 9 heavy (non-hydrogen) atoms. The fourth-order valence-corrected chi connectivity index (χ4v) is 0.831. The van der Waals surface area contributed by atoms with Crippen molar-refractivity contribution in [3.63, 3.8) is 0 Å². The predicted molar refractivity (Wildman–Crippen MR) is 39.7 cm³/mol. The number of nitrogens with one attached hydrogen (secondary N) is 1. The Morgan fingerprint density at radius 3 is 3.22 bits per heavy atom. The molecule has 0 fully saturated rings. The van der Waals surface area contributed by atoms with Gasteiger partial charge in [-0.25, -0.2) is 0 Å². The Labute approximate surface area is 55.7 Å². The van der Waals surface area contributed by atoms with E-state index in [1.54, 1.807) is 0 Å². The Morgan fingerprint density at radius 1 is 1.78 bits per heavy atom. The molecule has 1 N–H and O–H groups in total. The van der Waals surface area contributed by atoms with Crippen LogP contribution in [0.3, 0.4) is 0 Å². The van der Waals surface area contributed by atoms with E-state index in [0.717, 1.165) is 19.4 Å². The first kappa shape index (κ1) is 6.49. The molecule has 0 radical (unpaired) electrons. The minimum atomic E-state index is 1.03. The van der Waals surface area contributed by atoms with Crippen molar-refractivity contribution in [2.24, 2.45) is 4.99 Å². The van der Waals surface area contributed by atoms with E-state index in [1.807, 2.05) is 13.3 Å². The van der Waals surface area contributed by atoms with E-state index < -0.39 is 0 Å². The maximum Gasteiger partial charge on any atom is 0.0376 e. The largest absolute Gasteiger partial charge is 0.319 e. The SMILES string of the molecule is CNCCC1=CCC=N1. The van der Waals surface area contributed by atoms with Crippen molar-refractivity contribution < 1.29 is 0 Å². The second kappa shape index (κ2) is 3.41. The van der Waals surface area contributed by atoms with Gasteiger partial charge >= 0.3 is 0 Å². The van der Waals surface area contributed by atoms with Gasteiger partial charge in [-0.15, -0.1) is 0 Å². The number of allylic oxidation sites excluding steroid dienone is 1. The van der Waals surface area contributed by atoms with Crippen molar-refractivity contribution in [1.29, 1.82) is 0 Å². The molecule has 0 amide bonds. The van der Waals surface area contributed by atoms with E-state index in [2.05, 4.69) is 16.4 Å². The van der Waals surface area contributed by atoms with Crippen molar-refractivity contribution in [3.05, 3.63) is 11.8 Å². The third-order valence-corrected chi connectivity index (χ3v) is 1.35. The van der Waals surface area contributed by atoms with Crippen LogP contribution in [0.1, 0.15) is 12.8 Å². The molecule has 0 aromatic carbocycles. The van der Waals surface area contributed by atoms with Crippen LogP contribution >= 0.6 is 0 Å². The van der Waals surface area contributed by atoms with Gasteiger partial charge in [0.2, 0.25) is 0 Å². The summed E-state index contributed by atoms with van der Waals surface area (Å²) in [5, 5.41) is 3.08. The van der Waals surface area contributed by atoms with Gasteiger partial charge in [-0.2, -0.15) is 0 Å². The Bertz CT molecular complexity index is 136. The van der Waals surface area contributed by atoms with Crippen molar-refractivity contribution in [2.45, 2.75) is 12.8 Å². The summed E-state index contributed by atoms with van der Waals surface area (Å²) >= 11 is 0. The summed E-state index contributed by atoms with van der Waals surface area (Å²) in [6.45, 7) is 1.03. The fourth-order valence-electron chi connectivity index (χ4n) is 0.831. The Hall–Kier alpha value is -0.630. The van der Waals surface area contributed by atoms with Crippen LogP contribution in [0.2, 0.25) is 0 Å². The van der Waals surface area contributed by atoms with Crippen molar-refractivity contribution in [1.82, 2.24) is 5.32 Å². The second-order valence-corrected chi connectivity index (χ2v) is 2.10. The summed E-state index contributed by atoms with van der Waals surface area (Å²) in [6, 6.07) is 0. The van der Waals surface area contributed by atoms with Gasteiger partial charge in [0, 0.05) is 31.3 Å². The van der Waals surface area contributed by atoms with Crippen LogP contribution < -0.4 is 5.32 Å². The molecule has 0 saturated heterocycles. The minimum absolute atomic E-state index is 1.03. The van der Waals surface area contributed by atoms with Crippen molar-refractivity contribution in [3.8, 4) is 0 Å². The molecule has 1 aliphatic heterocycles. The van der Waals surface area contributed by atoms with E-state index in [4.69, 9.17) is 0 Å². The van der Waals surface area contributed by atoms with E-state index in [0.29, 0.717) is 0 Å². The molecular weight excluding hydrogens is 112 g/mol. The molecule has 1 heterocycles. The molecule has 0 aromatic rings. The van der Waals surface area contributed by atoms with Gasteiger partial charge in [-0.05, 0) is 7.05 Å². The summed E-state index contributed by atoms with van der Waals surface area (Å²) in [4.78, 5) is 4.17. The Balaban J connectivity index is 2.19. The molecule has 1 aliphatic rings. The molecule has 50 valence electrons. The Kier molecular flexibility index (Phi) is 2.46. The zero-order chi connectivity index (χ0) is 6.53. The number of rotatable bonds is 3. The first-order valence-corrected chi connectivity index (χ1v) is 3.29. The predicted octanol–water partition coefficient (Wildman–Crippen LogP) is 0.954. The molecule has 0 unspecified atom stereocenters. The molecule has 0 bridgehead atoms. The van der Waals surface area contributed by atoms with Crippen molar-refractivity contribution in [2.75, 3.05) is 13.6 Å². The van der Waals surface area contributed by atoms with E-state index in [-0.39, 0.29) is 0 Å². The van der Waals surface area contributed by atoms with Crippen LogP contribution in [0, 0.1) is 0 Å². The minimum Gasteiger partial charge on any atom is -0.319 e. The van der Waals surface area contributed by atoms with Crippen LogP contribution in [-0.4, -0.2) is 19.8 Å². The molecule has 0 atom stereocenters. The first-order chi connectivity index (χ1) is 4.43. The summed E-state index contributed by atoms with van der Waals surface area (Å²) in [5.74, 6) is 0. The second-order valence-electron chi connectivity index (χ2n) is 2.10. The number of hydrogen-bond acceptors (Lipinski definition) is 2. The van der Waals surface area contributed by atoms with Crippen LogP contribution in [0.4, 0.5) is 0 Å². The highest BCUT2D eigenvalue weighted by Gasteiger charge is 1.95. The molecular formula is C7H12N2. The standard InChI is InChI=1S/C7H12N2/c1-8-6-4-7-3-2-5-9-7/h3,5,8H,2,4,6H2,1H3. The van der Waals surface area contributed by atoms with Gasteiger partial charge in [0.05, 0.1) is 0 Å². The van der Waals surface area contributed by atoms with E-state index >= 15 is 0 Å². The number of aliphatic imine (C=N–C) groups is 1. The van der Waals surface area contributed by atoms with E-state index in [1.165, 1.54) is 5.70 Å². The molecule has 0 aliphatic carbocycles. The third-order valence-electron chi connectivity index (χ3n) is 1.35. The highest BCUT2D eigenvalue weighted by atomic mass is 14.8. The maximum absolute atomic E-state index is 4.17. The van der Waals surface area contributed by atoms with Gasteiger partial charge in [-0.3, -0.25) is 4.99 Å². The molecule has 0 saturated carbocycles. The average Bonchev–Trinajstić information content (AvgIpc) is 2.34. The lowest BCUT2D eigenvalue weighted by Gasteiger charge is -1.95. The maximum atomic E-state index is 4.17. The van der Waals surface area contributed by atoms with Crippen LogP contribution in [0.15, 0.2) is 16.8 Å². The quantitative estimate of drug-likeness (QED) is 0.595. The lowest BCUT2D eigenvalue weighted by Crippen LogP contribution is -2.07.